The quantitative estimate of drug-likeness (QED) is 0.260. The summed E-state index contributed by atoms with van der Waals surface area (Å²) >= 11 is 5.84. The molecule has 0 aromatic heterocycles. The molecular weight excluding hydrogens is 419 g/mol. The number of ether oxygens (including phenoxy) is 3. The van der Waals surface area contributed by atoms with E-state index in [1.165, 1.54) is 26.2 Å². The van der Waals surface area contributed by atoms with Crippen LogP contribution in [0.5, 0.6) is 11.5 Å². The smallest absolute Gasteiger partial charge is 0.416 e. The van der Waals surface area contributed by atoms with E-state index in [9.17, 15) is 28.1 Å². The largest absolute Gasteiger partial charge is 0.456 e. The van der Waals surface area contributed by atoms with Gasteiger partial charge in [0.05, 0.1) is 21.9 Å². The van der Waals surface area contributed by atoms with Crippen molar-refractivity contribution in [3.05, 3.63) is 62.7 Å². The van der Waals surface area contributed by atoms with Crippen molar-refractivity contribution in [1.82, 2.24) is 0 Å². The molecule has 0 N–H and O–H groups in total. The Morgan fingerprint density at radius 2 is 1.93 bits per heavy atom. The molecule has 2 rings (SSSR count). The molecule has 0 aliphatic carbocycles. The lowest BCUT2D eigenvalue weighted by atomic mass is 10.1. The normalized spacial score (nSPS) is 12.3. The van der Waals surface area contributed by atoms with E-state index in [4.69, 9.17) is 25.8 Å². The number of nitro benzene ring substituents is 1. The molecule has 2 aromatic rings. The number of nitro groups is 1. The fraction of sp³-hybridized carbons (Fsp3) is 0.278. The van der Waals surface area contributed by atoms with Gasteiger partial charge in [-0.2, -0.15) is 13.2 Å². The first-order valence-corrected chi connectivity index (χ1v) is 8.43. The fourth-order valence-electron chi connectivity index (χ4n) is 2.26. The summed E-state index contributed by atoms with van der Waals surface area (Å²) in [5.74, 6) is -0.818. The maximum atomic E-state index is 12.7. The molecule has 0 amide bonds. The highest BCUT2D eigenvalue weighted by atomic mass is 35.5. The van der Waals surface area contributed by atoms with Crippen LogP contribution in [-0.2, 0) is 26.9 Å². The van der Waals surface area contributed by atoms with Crippen LogP contribution in [0.25, 0.3) is 0 Å². The average Bonchev–Trinajstić information content (AvgIpc) is 2.62. The van der Waals surface area contributed by atoms with E-state index < -0.39 is 35.3 Å². The van der Waals surface area contributed by atoms with Crippen LogP contribution in [0.2, 0.25) is 5.02 Å². The van der Waals surface area contributed by atoms with Crippen molar-refractivity contribution >= 4 is 23.3 Å². The van der Waals surface area contributed by atoms with Gasteiger partial charge in [0, 0.05) is 18.7 Å². The number of hydrogen-bond acceptors (Lipinski definition) is 6. The second-order valence-electron chi connectivity index (χ2n) is 5.76. The average molecular weight is 434 g/mol. The van der Waals surface area contributed by atoms with E-state index in [0.717, 1.165) is 18.2 Å². The van der Waals surface area contributed by atoms with Crippen LogP contribution in [-0.4, -0.2) is 24.3 Å². The summed E-state index contributed by atoms with van der Waals surface area (Å²) in [5, 5.41) is 10.9. The number of halogens is 4. The molecule has 0 heterocycles. The van der Waals surface area contributed by atoms with Crippen LogP contribution in [0.1, 0.15) is 18.1 Å². The van der Waals surface area contributed by atoms with Crippen molar-refractivity contribution in [2.75, 3.05) is 7.11 Å². The van der Waals surface area contributed by atoms with Crippen molar-refractivity contribution in [2.45, 2.75) is 25.8 Å². The number of nitrogens with zero attached hydrogens (tertiary/aromatic N) is 1. The van der Waals surface area contributed by atoms with E-state index in [1.54, 1.807) is 0 Å². The first-order valence-electron chi connectivity index (χ1n) is 8.05. The van der Waals surface area contributed by atoms with Crippen molar-refractivity contribution in [2.24, 2.45) is 0 Å². The van der Waals surface area contributed by atoms with Crippen LogP contribution in [0, 0.1) is 10.1 Å². The second-order valence-corrected chi connectivity index (χ2v) is 6.17. The molecule has 0 saturated heterocycles. The third kappa shape index (κ3) is 6.06. The monoisotopic (exact) mass is 433 g/mol. The lowest BCUT2D eigenvalue weighted by Gasteiger charge is -2.13. The molecule has 1 unspecified atom stereocenters. The zero-order valence-electron chi connectivity index (χ0n) is 15.2. The topological polar surface area (TPSA) is 87.9 Å². The SMILES string of the molecule is COC(C)OC(=O)Cc1cc(Oc2ccc(C(F)(F)F)cc2Cl)ccc1[N+](=O)[O-]. The molecule has 156 valence electrons. The minimum absolute atomic E-state index is 0.0103. The molecule has 7 nitrogen and oxygen atoms in total. The number of hydrogen-bond donors (Lipinski definition) is 0. The zero-order valence-corrected chi connectivity index (χ0v) is 15.9. The predicted molar refractivity (Wildman–Crippen MR) is 95.9 cm³/mol. The first kappa shape index (κ1) is 22.4. The van der Waals surface area contributed by atoms with E-state index in [-0.39, 0.29) is 27.8 Å². The van der Waals surface area contributed by atoms with Gasteiger partial charge in [-0.25, -0.2) is 0 Å². The van der Waals surface area contributed by atoms with Crippen LogP contribution >= 0.6 is 11.6 Å². The van der Waals surface area contributed by atoms with Gasteiger partial charge in [-0.15, -0.1) is 0 Å². The Morgan fingerprint density at radius 1 is 1.24 bits per heavy atom. The number of carbonyl (C=O) groups excluding carboxylic acids is 1. The lowest BCUT2D eigenvalue weighted by molar-refractivity contribution is -0.385. The van der Waals surface area contributed by atoms with Gasteiger partial charge in [0.1, 0.15) is 11.5 Å². The molecule has 0 saturated carbocycles. The van der Waals surface area contributed by atoms with Gasteiger partial charge in [-0.3, -0.25) is 14.9 Å². The van der Waals surface area contributed by atoms with Gasteiger partial charge >= 0.3 is 12.1 Å². The molecule has 11 heteroatoms. The molecule has 0 aliphatic rings. The third-order valence-electron chi connectivity index (χ3n) is 3.70. The van der Waals surface area contributed by atoms with Gasteiger partial charge in [-0.1, -0.05) is 11.6 Å². The highest BCUT2D eigenvalue weighted by molar-refractivity contribution is 6.32. The molecule has 2 aromatic carbocycles. The minimum atomic E-state index is -4.57. The number of rotatable bonds is 7. The van der Waals surface area contributed by atoms with E-state index in [2.05, 4.69) is 0 Å². The summed E-state index contributed by atoms with van der Waals surface area (Å²) in [6.45, 7) is 1.47. The second kappa shape index (κ2) is 9.10. The Hall–Kier alpha value is -2.85. The molecule has 0 aliphatic heterocycles. The molecule has 0 fully saturated rings. The summed E-state index contributed by atoms with van der Waals surface area (Å²) < 4.78 is 53.3. The lowest BCUT2D eigenvalue weighted by Crippen LogP contribution is -2.18. The maximum Gasteiger partial charge on any atom is 0.416 e. The Morgan fingerprint density at radius 3 is 2.48 bits per heavy atom. The third-order valence-corrected chi connectivity index (χ3v) is 3.99. The van der Waals surface area contributed by atoms with E-state index >= 15 is 0 Å². The highest BCUT2D eigenvalue weighted by Gasteiger charge is 2.31. The van der Waals surface area contributed by atoms with Crippen molar-refractivity contribution in [3.8, 4) is 11.5 Å². The van der Waals surface area contributed by atoms with E-state index in [1.807, 2.05) is 0 Å². The van der Waals surface area contributed by atoms with Gasteiger partial charge in [0.15, 0.2) is 6.29 Å². The molecule has 0 radical (unpaired) electrons. The Kier molecular flexibility index (Phi) is 7.04. The summed E-state index contributed by atoms with van der Waals surface area (Å²) in [4.78, 5) is 22.4. The van der Waals surface area contributed by atoms with Crippen LogP contribution in [0.15, 0.2) is 36.4 Å². The summed E-state index contributed by atoms with van der Waals surface area (Å²) in [6.07, 6.45) is -5.85. The molecular formula is C18H15ClF3NO6. The van der Waals surface area contributed by atoms with Crippen molar-refractivity contribution in [1.29, 1.82) is 0 Å². The molecule has 29 heavy (non-hydrogen) atoms. The number of esters is 1. The highest BCUT2D eigenvalue weighted by Crippen LogP contribution is 2.37. The van der Waals surface area contributed by atoms with Gasteiger partial charge in [-0.05, 0) is 37.3 Å². The standard InChI is InChI=1S/C18H15ClF3NO6/c1-10(27-2)28-17(24)8-11-7-13(4-5-15(11)23(25)26)29-16-6-3-12(9-14(16)19)18(20,21)22/h3-7,9-10H,8H2,1-2H3. The Labute approximate surface area is 168 Å². The maximum absolute atomic E-state index is 12.7. The number of benzene rings is 2. The number of alkyl halides is 3. The Balaban J connectivity index is 2.28. The van der Waals surface area contributed by atoms with Gasteiger partial charge in [0.25, 0.3) is 5.69 Å². The summed E-state index contributed by atoms with van der Waals surface area (Å²) in [6, 6.07) is 6.07. The Bertz CT molecular complexity index is 919. The predicted octanol–water partition coefficient (Wildman–Crippen LogP) is 5.14. The first-order chi connectivity index (χ1) is 13.5. The molecule has 0 bridgehead atoms. The van der Waals surface area contributed by atoms with Gasteiger partial charge in [0.2, 0.25) is 0 Å². The van der Waals surface area contributed by atoms with Crippen LogP contribution < -0.4 is 4.74 Å². The van der Waals surface area contributed by atoms with E-state index in [0.29, 0.717) is 6.07 Å². The van der Waals surface area contributed by atoms with Crippen molar-refractivity contribution in [3.63, 3.8) is 0 Å². The van der Waals surface area contributed by atoms with Crippen molar-refractivity contribution < 1.29 is 37.1 Å². The van der Waals surface area contributed by atoms with Crippen LogP contribution in [0.3, 0.4) is 0 Å². The fourth-order valence-corrected chi connectivity index (χ4v) is 2.48. The summed E-state index contributed by atoms with van der Waals surface area (Å²) in [7, 11) is 1.32. The summed E-state index contributed by atoms with van der Waals surface area (Å²) in [5.41, 5.74) is -1.31. The molecule has 1 atom stereocenters. The van der Waals surface area contributed by atoms with Crippen LogP contribution in [0.4, 0.5) is 18.9 Å². The zero-order chi connectivity index (χ0) is 21.8. The minimum Gasteiger partial charge on any atom is -0.456 e. The molecule has 0 spiro atoms. The van der Waals surface area contributed by atoms with Gasteiger partial charge < -0.3 is 14.2 Å². The number of carbonyl (C=O) groups is 1. The number of methoxy groups -OCH3 is 1.